The zero-order valence-corrected chi connectivity index (χ0v) is 12.5. The van der Waals surface area contributed by atoms with Crippen LogP contribution in [0.4, 0.5) is 0 Å². The van der Waals surface area contributed by atoms with Crippen LogP contribution in [0, 0.1) is 11.8 Å². The fraction of sp³-hybridized carbons (Fsp3) is 1.00. The molecule has 0 aromatic rings. The van der Waals surface area contributed by atoms with Crippen LogP contribution in [0.1, 0.15) is 53.4 Å². The van der Waals surface area contributed by atoms with Crippen molar-refractivity contribution in [3.05, 3.63) is 0 Å². The molecule has 1 fully saturated rings. The van der Waals surface area contributed by atoms with Gasteiger partial charge in [0, 0.05) is 25.2 Å². The molecule has 1 saturated carbocycles. The molecular formula is C15H32N2. The van der Waals surface area contributed by atoms with Crippen LogP contribution in [0.2, 0.25) is 0 Å². The molecule has 0 radical (unpaired) electrons. The monoisotopic (exact) mass is 240 g/mol. The summed E-state index contributed by atoms with van der Waals surface area (Å²) in [6.45, 7) is 11.6. The third-order valence-electron chi connectivity index (χ3n) is 4.13. The molecule has 0 aromatic heterocycles. The van der Waals surface area contributed by atoms with E-state index in [1.54, 1.807) is 0 Å². The molecule has 0 heterocycles. The topological polar surface area (TPSA) is 15.3 Å². The van der Waals surface area contributed by atoms with Gasteiger partial charge in [-0.25, -0.2) is 0 Å². The quantitative estimate of drug-likeness (QED) is 0.666. The van der Waals surface area contributed by atoms with Gasteiger partial charge in [0.2, 0.25) is 0 Å². The lowest BCUT2D eigenvalue weighted by Gasteiger charge is -2.25. The minimum atomic E-state index is 0.669. The molecule has 1 aliphatic rings. The Kier molecular flexibility index (Phi) is 6.50. The predicted molar refractivity (Wildman–Crippen MR) is 76.4 cm³/mol. The van der Waals surface area contributed by atoms with Crippen molar-refractivity contribution < 1.29 is 0 Å². The molecule has 0 bridgehead atoms. The van der Waals surface area contributed by atoms with Crippen molar-refractivity contribution in [2.45, 2.75) is 65.5 Å². The van der Waals surface area contributed by atoms with Crippen LogP contribution in [0.15, 0.2) is 0 Å². The smallest absolute Gasteiger partial charge is 0.0107 e. The van der Waals surface area contributed by atoms with Gasteiger partial charge in [-0.05, 0) is 58.4 Å². The normalized spacial score (nSPS) is 19.9. The fourth-order valence-corrected chi connectivity index (χ4v) is 2.31. The number of hydrogen-bond donors (Lipinski definition) is 1. The first-order chi connectivity index (χ1) is 8.00. The van der Waals surface area contributed by atoms with Crippen molar-refractivity contribution in [3.63, 3.8) is 0 Å². The van der Waals surface area contributed by atoms with Gasteiger partial charge in [0.15, 0.2) is 0 Å². The van der Waals surface area contributed by atoms with Crippen LogP contribution in [-0.2, 0) is 0 Å². The van der Waals surface area contributed by atoms with Gasteiger partial charge in [-0.1, -0.05) is 13.8 Å². The van der Waals surface area contributed by atoms with Gasteiger partial charge in [-0.3, -0.25) is 0 Å². The van der Waals surface area contributed by atoms with E-state index < -0.39 is 0 Å². The Hall–Kier alpha value is -0.0800. The maximum atomic E-state index is 3.64. The summed E-state index contributed by atoms with van der Waals surface area (Å²) in [5.74, 6) is 1.81. The molecule has 1 N–H and O–H groups in total. The molecule has 1 aliphatic carbocycles. The highest BCUT2D eigenvalue weighted by Gasteiger charge is 2.29. The number of hydrogen-bond acceptors (Lipinski definition) is 2. The average molecular weight is 240 g/mol. The highest BCUT2D eigenvalue weighted by atomic mass is 15.1. The summed E-state index contributed by atoms with van der Waals surface area (Å²) in [5.41, 5.74) is 0. The molecule has 0 saturated heterocycles. The number of nitrogens with one attached hydrogen (secondary N) is 1. The third-order valence-corrected chi connectivity index (χ3v) is 4.13. The molecular weight excluding hydrogens is 208 g/mol. The van der Waals surface area contributed by atoms with Crippen molar-refractivity contribution in [2.24, 2.45) is 11.8 Å². The number of rotatable bonds is 9. The van der Waals surface area contributed by atoms with E-state index in [1.165, 1.54) is 32.2 Å². The minimum Gasteiger partial charge on any atom is -0.313 e. The maximum absolute atomic E-state index is 3.64. The van der Waals surface area contributed by atoms with Crippen molar-refractivity contribution in [3.8, 4) is 0 Å². The second kappa shape index (κ2) is 7.38. The van der Waals surface area contributed by atoms with Crippen molar-refractivity contribution in [1.29, 1.82) is 0 Å². The Morgan fingerprint density at radius 2 is 1.76 bits per heavy atom. The van der Waals surface area contributed by atoms with Gasteiger partial charge >= 0.3 is 0 Å². The zero-order chi connectivity index (χ0) is 12.8. The Morgan fingerprint density at radius 1 is 1.12 bits per heavy atom. The molecule has 0 spiro atoms. The molecule has 1 rings (SSSR count). The first kappa shape index (κ1) is 15.0. The molecule has 0 amide bonds. The highest BCUT2D eigenvalue weighted by Crippen LogP contribution is 2.34. The fourth-order valence-electron chi connectivity index (χ4n) is 2.31. The van der Waals surface area contributed by atoms with Crippen LogP contribution in [-0.4, -0.2) is 37.1 Å². The molecule has 2 heteroatoms. The van der Waals surface area contributed by atoms with E-state index in [9.17, 15) is 0 Å². The van der Waals surface area contributed by atoms with Crippen LogP contribution in [0.3, 0.4) is 0 Å². The van der Waals surface area contributed by atoms with E-state index in [0.29, 0.717) is 6.04 Å². The van der Waals surface area contributed by atoms with E-state index >= 15 is 0 Å². The lowest BCUT2D eigenvalue weighted by Crippen LogP contribution is -2.39. The average Bonchev–Trinajstić information content (AvgIpc) is 3.08. The van der Waals surface area contributed by atoms with Gasteiger partial charge in [0.05, 0.1) is 0 Å². The molecule has 17 heavy (non-hydrogen) atoms. The van der Waals surface area contributed by atoms with Crippen LogP contribution in [0.25, 0.3) is 0 Å². The molecule has 0 aromatic carbocycles. The summed E-state index contributed by atoms with van der Waals surface area (Å²) >= 11 is 0. The summed E-state index contributed by atoms with van der Waals surface area (Å²) in [6, 6.07) is 1.45. The third kappa shape index (κ3) is 6.42. The summed E-state index contributed by atoms with van der Waals surface area (Å²) in [4.78, 5) is 2.51. The van der Waals surface area contributed by atoms with Crippen LogP contribution >= 0.6 is 0 Å². The summed E-state index contributed by atoms with van der Waals surface area (Å²) in [5, 5.41) is 3.64. The Morgan fingerprint density at radius 3 is 2.29 bits per heavy atom. The van der Waals surface area contributed by atoms with Crippen molar-refractivity contribution in [2.75, 3.05) is 20.1 Å². The molecule has 2 nitrogen and oxygen atoms in total. The zero-order valence-electron chi connectivity index (χ0n) is 12.5. The number of likely N-dealkylation sites (N-methyl/N-ethyl adjacent to an activating group) is 1. The first-order valence-electron chi connectivity index (χ1n) is 7.44. The Bertz CT molecular complexity index is 199. The minimum absolute atomic E-state index is 0.669. The van der Waals surface area contributed by atoms with E-state index in [-0.39, 0.29) is 0 Å². The van der Waals surface area contributed by atoms with Crippen molar-refractivity contribution in [1.82, 2.24) is 10.2 Å². The van der Waals surface area contributed by atoms with E-state index in [2.05, 4.69) is 45.0 Å². The Balaban J connectivity index is 2.01. The van der Waals surface area contributed by atoms with Crippen molar-refractivity contribution >= 4 is 0 Å². The number of nitrogens with zero attached hydrogens (tertiary/aromatic N) is 1. The first-order valence-corrected chi connectivity index (χ1v) is 7.44. The van der Waals surface area contributed by atoms with Gasteiger partial charge < -0.3 is 10.2 Å². The van der Waals surface area contributed by atoms with Gasteiger partial charge in [0.25, 0.3) is 0 Å². The maximum Gasteiger partial charge on any atom is 0.0107 e. The predicted octanol–water partition coefficient (Wildman–Crippen LogP) is 3.13. The van der Waals surface area contributed by atoms with Gasteiger partial charge in [-0.2, -0.15) is 0 Å². The van der Waals surface area contributed by atoms with E-state index in [4.69, 9.17) is 0 Å². The SMILES string of the molecule is CC(C)CCC(C)NCCN(C)C(C)C1CC1. The molecule has 2 atom stereocenters. The lowest BCUT2D eigenvalue weighted by atomic mass is 10.0. The second-order valence-electron chi connectivity index (χ2n) is 6.39. The standard InChI is InChI=1S/C15H32N2/c1-12(2)6-7-13(3)16-10-11-17(5)14(4)15-8-9-15/h12-16H,6-11H2,1-5H3. The van der Waals surface area contributed by atoms with E-state index in [1.807, 2.05) is 0 Å². The van der Waals surface area contributed by atoms with Gasteiger partial charge in [0.1, 0.15) is 0 Å². The second-order valence-corrected chi connectivity index (χ2v) is 6.39. The Labute approximate surface area is 108 Å². The summed E-state index contributed by atoms with van der Waals surface area (Å²) in [7, 11) is 2.27. The molecule has 0 aliphatic heterocycles. The molecule has 102 valence electrons. The summed E-state index contributed by atoms with van der Waals surface area (Å²) in [6.07, 6.45) is 5.54. The van der Waals surface area contributed by atoms with Crippen LogP contribution < -0.4 is 5.32 Å². The van der Waals surface area contributed by atoms with Gasteiger partial charge in [-0.15, -0.1) is 0 Å². The highest BCUT2D eigenvalue weighted by molar-refractivity contribution is 4.84. The lowest BCUT2D eigenvalue weighted by molar-refractivity contribution is 0.231. The molecule has 2 unspecified atom stereocenters. The van der Waals surface area contributed by atoms with Crippen LogP contribution in [0.5, 0.6) is 0 Å². The van der Waals surface area contributed by atoms with E-state index in [0.717, 1.165) is 24.4 Å². The largest absolute Gasteiger partial charge is 0.313 e. The summed E-state index contributed by atoms with van der Waals surface area (Å²) < 4.78 is 0.